The molecule has 7 aromatic carbocycles. The molecule has 2 aliphatic carbocycles. The third-order valence-electron chi connectivity index (χ3n) is 20.8. The van der Waals surface area contributed by atoms with Crippen LogP contribution < -0.4 is 20.4 Å². The monoisotopic (exact) mass is 2220 g/mol. The van der Waals surface area contributed by atoms with Crippen LogP contribution in [0.5, 0.6) is 23.0 Å². The van der Waals surface area contributed by atoms with E-state index in [0.717, 1.165) is 55.6 Å². The second-order valence-corrected chi connectivity index (χ2v) is 45.6. The zero-order valence-electron chi connectivity index (χ0n) is 83.3. The van der Waals surface area contributed by atoms with E-state index >= 15 is 0 Å². The largest absolute Gasteiger partial charge is 3.00 e. The average Bonchev–Trinajstić information content (AvgIpc) is 0.755. The van der Waals surface area contributed by atoms with E-state index in [4.69, 9.17) is 35.9 Å². The van der Waals surface area contributed by atoms with Crippen LogP contribution in [0.3, 0.4) is 0 Å². The minimum absolute atomic E-state index is 0. The molecule has 2 heterocycles. The van der Waals surface area contributed by atoms with Crippen molar-refractivity contribution in [2.45, 2.75) is 324 Å². The van der Waals surface area contributed by atoms with Crippen LogP contribution >= 0.6 is 0 Å². The van der Waals surface area contributed by atoms with Crippen LogP contribution in [0.4, 0.5) is 26.3 Å². The van der Waals surface area contributed by atoms with Gasteiger partial charge in [0.15, 0.2) is 20.2 Å². The first-order valence-electron chi connectivity index (χ1n) is 44.3. The predicted molar refractivity (Wildman–Crippen MR) is 519 cm³/mol. The maximum absolute atomic E-state index is 14.0. The van der Waals surface area contributed by atoms with E-state index in [1.165, 1.54) is 51.4 Å². The molecule has 0 N–H and O–H groups in total. The summed E-state index contributed by atoms with van der Waals surface area (Å²) in [6, 6.07) is 60.5. The number of benzene rings is 7. The Morgan fingerprint density at radius 1 is 0.220 bits per heavy atom. The number of rotatable bonds is 4. The summed E-state index contributed by atoms with van der Waals surface area (Å²) in [5, 5.41) is 56.2. The van der Waals surface area contributed by atoms with Crippen LogP contribution in [-0.4, -0.2) is 46.9 Å². The summed E-state index contributed by atoms with van der Waals surface area (Å²) in [5.41, 5.74) is 1.00. The predicted octanol–water partition coefficient (Wildman–Crippen LogP) is 28.6. The summed E-state index contributed by atoms with van der Waals surface area (Å²) in [6.07, 6.45) is 28.0. The first-order valence-corrected chi connectivity index (χ1v) is 47.1. The minimum Gasteiger partial charge on any atom is -0.872 e. The van der Waals surface area contributed by atoms with E-state index in [9.17, 15) is 46.8 Å². The van der Waals surface area contributed by atoms with Crippen molar-refractivity contribution in [2.75, 3.05) is 0 Å². The first-order chi connectivity index (χ1) is 59.1. The van der Waals surface area contributed by atoms with Gasteiger partial charge in [-0.25, -0.2) is 26.8 Å². The number of aromatic nitrogens is 2. The Labute approximate surface area is 815 Å². The molecule has 0 unspecified atom stereocenters. The van der Waals surface area contributed by atoms with Gasteiger partial charge in [0.2, 0.25) is 0 Å². The molecule has 0 saturated carbocycles. The number of pyridine rings is 2. The Bertz CT molecular complexity index is 4730. The molecule has 726 valence electrons. The number of alkyl halides is 6. The van der Waals surface area contributed by atoms with Crippen molar-refractivity contribution >= 4 is 20.2 Å². The van der Waals surface area contributed by atoms with Crippen LogP contribution in [0, 0.1) is 0 Å². The van der Waals surface area contributed by atoms with Gasteiger partial charge in [-0.2, -0.15) is 26.3 Å². The van der Waals surface area contributed by atoms with Gasteiger partial charge in [-0.1, -0.05) is 413 Å². The smallest absolute Gasteiger partial charge is 0.872 e. The molecular formula is C110H144F6Ir2N2O10S2. The van der Waals surface area contributed by atoms with E-state index in [1.807, 2.05) is 158 Å². The second-order valence-electron chi connectivity index (χ2n) is 42.8. The third-order valence-corrected chi connectivity index (χ3v) is 21.9. The van der Waals surface area contributed by atoms with E-state index < -0.39 is 31.3 Å². The fraction of sp³-hybridized carbons (Fsp3) is 0.455. The zero-order valence-corrected chi connectivity index (χ0v) is 89.7. The SMILES string of the molecule is C1=C\CC/C=C\CC/1.C1=C\CC/C=C\CC/1.CC(C)(C)c1cc(-c2cc(C(C)(C)C)cc(C(C)(C)C)c2[O-])nc(-c2cc(C(C)(C)C)cc(C(C)(C)C)c2[O-])c1.CC(C)(C)c1cc(-c2cc(C(C)(C)C)cc(C(C)(C)C)c2[O-])nc(-c2cc(C(C)(C)C)cc(C(C)(C)C)c2[O-])c1.O=S(=O)([O-])C(F)(F)F.O=S(=O)([O-])C(F)(F)F.[Ir+3].[Ir+3].c1ccccc1.c1ccccc1.c1ccccc1. The van der Waals surface area contributed by atoms with Gasteiger partial charge in [0.1, 0.15) is 0 Å². The Balaban J connectivity index is 0.000000857. The molecule has 0 radical (unpaired) electrons. The molecular weight excluding hydrogens is 2070 g/mol. The van der Waals surface area contributed by atoms with E-state index in [2.05, 4.69) is 281 Å². The van der Waals surface area contributed by atoms with E-state index in [-0.39, 0.29) is 117 Å². The molecule has 0 saturated heterocycles. The van der Waals surface area contributed by atoms with Gasteiger partial charge in [0, 0.05) is 0 Å². The zero-order chi connectivity index (χ0) is 99.6. The Hall–Kier alpha value is -8.30. The van der Waals surface area contributed by atoms with Crippen molar-refractivity contribution in [2.24, 2.45) is 0 Å². The first kappa shape index (κ1) is 122. The molecule has 132 heavy (non-hydrogen) atoms. The molecule has 9 aromatic rings. The maximum Gasteiger partial charge on any atom is 3.00 e. The summed E-state index contributed by atoms with van der Waals surface area (Å²) in [5.74, 6) is 0.0229. The molecule has 0 bridgehead atoms. The van der Waals surface area contributed by atoms with E-state index in [0.29, 0.717) is 45.0 Å². The maximum atomic E-state index is 14.0. The summed E-state index contributed by atoms with van der Waals surface area (Å²) < 4.78 is 118. The molecule has 0 fully saturated rings. The van der Waals surface area contributed by atoms with Gasteiger partial charge in [0.05, 0.1) is 22.8 Å². The number of allylic oxidation sites excluding steroid dienone is 8. The normalized spacial score (nSPS) is 14.4. The van der Waals surface area contributed by atoms with Crippen molar-refractivity contribution in [3.63, 3.8) is 0 Å². The van der Waals surface area contributed by atoms with Crippen LogP contribution in [-0.2, 0) is 115 Å². The molecule has 2 aromatic heterocycles. The van der Waals surface area contributed by atoms with Crippen molar-refractivity contribution in [1.82, 2.24) is 9.97 Å². The summed E-state index contributed by atoms with van der Waals surface area (Å²) in [4.78, 5) is 10.2. The van der Waals surface area contributed by atoms with Gasteiger partial charge < -0.3 is 29.5 Å². The molecule has 0 atom stereocenters. The van der Waals surface area contributed by atoms with Crippen molar-refractivity contribution < 1.29 is 113 Å². The molecule has 0 aliphatic heterocycles. The van der Waals surface area contributed by atoms with Gasteiger partial charge in [-0.3, -0.25) is 0 Å². The van der Waals surface area contributed by atoms with Gasteiger partial charge in [-0.05, 0) is 232 Å². The molecule has 12 nitrogen and oxygen atoms in total. The molecule has 2 aliphatic rings. The Morgan fingerprint density at radius 2 is 0.333 bits per heavy atom. The Kier molecular flexibility index (Phi) is 46.6. The minimum atomic E-state index is -6.09. The van der Waals surface area contributed by atoms with Gasteiger partial charge in [0.25, 0.3) is 0 Å². The fourth-order valence-corrected chi connectivity index (χ4v) is 12.6. The van der Waals surface area contributed by atoms with Crippen LogP contribution in [0.2, 0.25) is 0 Å². The average molecular weight is 2220 g/mol. The quantitative estimate of drug-likeness (QED) is 0.0693. The van der Waals surface area contributed by atoms with Crippen LogP contribution in [0.1, 0.15) is 315 Å². The second kappa shape index (κ2) is 50.5. The van der Waals surface area contributed by atoms with Crippen LogP contribution in [0.25, 0.3) is 45.0 Å². The number of halogens is 6. The van der Waals surface area contributed by atoms with Crippen molar-refractivity contribution in [3.8, 4) is 68.0 Å². The summed E-state index contributed by atoms with van der Waals surface area (Å²) in [6.45, 7) is 64.0. The summed E-state index contributed by atoms with van der Waals surface area (Å²) >= 11 is 0. The van der Waals surface area contributed by atoms with Crippen LogP contribution in [0.15, 0.2) is 231 Å². The van der Waals surface area contributed by atoms with Crippen molar-refractivity contribution in [3.05, 3.63) is 286 Å². The third kappa shape index (κ3) is 41.1. The van der Waals surface area contributed by atoms with Crippen molar-refractivity contribution in [1.29, 1.82) is 0 Å². The molecule has 22 heteroatoms. The fourth-order valence-electron chi connectivity index (χ4n) is 12.6. The topological polar surface area (TPSA) is 232 Å². The van der Waals surface area contributed by atoms with Gasteiger partial charge in [-0.15, -0.1) is 0 Å². The molecule has 0 spiro atoms. The Morgan fingerprint density at radius 3 is 0.432 bits per heavy atom. The number of hydrogen-bond donors (Lipinski definition) is 0. The molecule has 11 rings (SSSR count). The molecule has 0 amide bonds. The summed E-state index contributed by atoms with van der Waals surface area (Å²) in [7, 11) is -12.2. The standard InChI is InChI=1S/2C37H53NO2.2C8H12.3C6H6.2CHF3O3S.2Ir/c2*1-33(2,3)22-16-25(31(39)27(18-22)36(10,11)12)29-20-24(35(7,8)9)21-30(38-29)26-17-23(34(4,5)6)19-28(32(26)40)37(13,14)15;2*1-2-4-6-8-7-5-3-1;3*1-2-4-6-5-3-1;2*2-1(3,4)8(5,6)7;;/h2*16-21,39-40H,1-15H3;2*1-2,7-8H,3-6H2;3*1-6H;2*(H,5,6,7);;/q;;;;;;;;;2*+3/p-6/b;;2*2-1-,8-7-;;;;;;;. The van der Waals surface area contributed by atoms with E-state index in [1.54, 1.807) is 0 Å². The number of nitrogens with zero attached hydrogens (tertiary/aromatic N) is 2. The van der Waals surface area contributed by atoms with Gasteiger partial charge >= 0.3 is 51.2 Å². The number of hydrogen-bond acceptors (Lipinski definition) is 12.